The van der Waals surface area contributed by atoms with Gasteiger partial charge in [0.2, 0.25) is 0 Å². The number of halogens is 1. The lowest BCUT2D eigenvalue weighted by Crippen LogP contribution is -2.17. The summed E-state index contributed by atoms with van der Waals surface area (Å²) in [5.74, 6) is 0. The fourth-order valence-corrected chi connectivity index (χ4v) is 2.08. The van der Waals surface area contributed by atoms with Gasteiger partial charge in [-0.2, -0.15) is 0 Å². The number of rotatable bonds is 3. The molecule has 0 saturated heterocycles. The van der Waals surface area contributed by atoms with Crippen LogP contribution in [0.15, 0.2) is 42.5 Å². The lowest BCUT2D eigenvalue weighted by molar-refractivity contribution is 0.924. The molecule has 2 rings (SSSR count). The van der Waals surface area contributed by atoms with Crippen molar-refractivity contribution in [2.24, 2.45) is 0 Å². The van der Waals surface area contributed by atoms with Gasteiger partial charge in [-0.15, -0.1) is 0 Å². The fourth-order valence-electron chi connectivity index (χ4n) is 1.91. The van der Waals surface area contributed by atoms with E-state index in [0.717, 1.165) is 12.2 Å². The summed E-state index contributed by atoms with van der Waals surface area (Å²) in [7, 11) is 2.02. The van der Waals surface area contributed by atoms with E-state index in [2.05, 4.69) is 36.1 Å². The molecule has 0 radical (unpaired) electrons. The maximum atomic E-state index is 6.03. The lowest BCUT2D eigenvalue weighted by atomic mass is 10.1. The van der Waals surface area contributed by atoms with Gasteiger partial charge >= 0.3 is 0 Å². The highest BCUT2D eigenvalue weighted by atomic mass is 35.5. The van der Waals surface area contributed by atoms with Crippen molar-refractivity contribution in [1.29, 1.82) is 0 Å². The zero-order valence-electron chi connectivity index (χ0n) is 10.7. The van der Waals surface area contributed by atoms with E-state index in [0.29, 0.717) is 10.7 Å². The van der Waals surface area contributed by atoms with Gasteiger partial charge in [-0.05, 0) is 24.6 Å². The summed E-state index contributed by atoms with van der Waals surface area (Å²) in [6, 6.07) is 14.2. The van der Waals surface area contributed by atoms with E-state index in [1.165, 1.54) is 11.1 Å². The van der Waals surface area contributed by atoms with Crippen molar-refractivity contribution >= 4 is 23.0 Å². The second kappa shape index (κ2) is 5.32. The van der Waals surface area contributed by atoms with E-state index in [4.69, 9.17) is 17.3 Å². The summed E-state index contributed by atoms with van der Waals surface area (Å²) in [4.78, 5) is 2.10. The van der Waals surface area contributed by atoms with E-state index in [9.17, 15) is 0 Å². The lowest BCUT2D eigenvalue weighted by Gasteiger charge is -2.21. The molecule has 2 aromatic rings. The molecule has 2 aromatic carbocycles. The Labute approximate surface area is 113 Å². The Kier molecular flexibility index (Phi) is 3.78. The molecule has 0 amide bonds. The van der Waals surface area contributed by atoms with Crippen LogP contribution in [0.5, 0.6) is 0 Å². The van der Waals surface area contributed by atoms with E-state index < -0.39 is 0 Å². The largest absolute Gasteiger partial charge is 0.396 e. The number of para-hydroxylation sites is 1. The second-order valence-electron chi connectivity index (χ2n) is 4.51. The van der Waals surface area contributed by atoms with Gasteiger partial charge in [-0.3, -0.25) is 0 Å². The molecule has 0 fully saturated rings. The van der Waals surface area contributed by atoms with Crippen LogP contribution < -0.4 is 10.6 Å². The predicted molar refractivity (Wildman–Crippen MR) is 79.2 cm³/mol. The van der Waals surface area contributed by atoms with Gasteiger partial charge in [0.05, 0.1) is 16.4 Å². The van der Waals surface area contributed by atoms with Crippen molar-refractivity contribution < 1.29 is 0 Å². The van der Waals surface area contributed by atoms with Crippen LogP contribution in [0.1, 0.15) is 11.1 Å². The average Bonchev–Trinajstić information content (AvgIpc) is 2.35. The van der Waals surface area contributed by atoms with E-state index in [1.807, 2.05) is 19.2 Å². The van der Waals surface area contributed by atoms with Crippen molar-refractivity contribution in [1.82, 2.24) is 0 Å². The first-order chi connectivity index (χ1) is 8.58. The van der Waals surface area contributed by atoms with Gasteiger partial charge in [0.15, 0.2) is 0 Å². The molecule has 0 bridgehead atoms. The van der Waals surface area contributed by atoms with Crippen molar-refractivity contribution in [3.05, 3.63) is 58.6 Å². The van der Waals surface area contributed by atoms with Crippen LogP contribution in [-0.4, -0.2) is 7.05 Å². The van der Waals surface area contributed by atoms with Gasteiger partial charge < -0.3 is 10.6 Å². The Morgan fingerprint density at radius 1 is 1.11 bits per heavy atom. The molecule has 18 heavy (non-hydrogen) atoms. The predicted octanol–water partition coefficient (Wildman–Crippen LogP) is 3.87. The average molecular weight is 261 g/mol. The highest BCUT2D eigenvalue weighted by Crippen LogP contribution is 2.30. The Morgan fingerprint density at radius 3 is 2.44 bits per heavy atom. The third-order valence-electron chi connectivity index (χ3n) is 2.98. The molecular formula is C15H17ClN2. The van der Waals surface area contributed by atoms with Gasteiger partial charge in [-0.25, -0.2) is 0 Å². The Hall–Kier alpha value is -1.67. The molecule has 3 heteroatoms. The molecule has 0 aromatic heterocycles. The van der Waals surface area contributed by atoms with Crippen LogP contribution in [-0.2, 0) is 6.54 Å². The zero-order valence-corrected chi connectivity index (χ0v) is 11.4. The van der Waals surface area contributed by atoms with Gasteiger partial charge in [-0.1, -0.05) is 47.5 Å². The Morgan fingerprint density at radius 2 is 1.78 bits per heavy atom. The van der Waals surface area contributed by atoms with E-state index in [-0.39, 0.29) is 0 Å². The van der Waals surface area contributed by atoms with E-state index >= 15 is 0 Å². The van der Waals surface area contributed by atoms with Crippen molar-refractivity contribution in [3.8, 4) is 0 Å². The van der Waals surface area contributed by atoms with Crippen LogP contribution in [0, 0.1) is 6.92 Å². The minimum Gasteiger partial charge on any atom is -0.396 e. The summed E-state index contributed by atoms with van der Waals surface area (Å²) in [5, 5.41) is 0.600. The van der Waals surface area contributed by atoms with Gasteiger partial charge in [0, 0.05) is 13.6 Å². The topological polar surface area (TPSA) is 29.3 Å². The molecule has 0 heterocycles. The van der Waals surface area contributed by atoms with Crippen LogP contribution in [0.25, 0.3) is 0 Å². The molecular weight excluding hydrogens is 244 g/mol. The van der Waals surface area contributed by atoms with Crippen LogP contribution in [0.4, 0.5) is 11.4 Å². The highest BCUT2D eigenvalue weighted by Gasteiger charge is 2.08. The maximum absolute atomic E-state index is 6.03. The number of nitrogens with two attached hydrogens (primary N) is 1. The highest BCUT2D eigenvalue weighted by molar-refractivity contribution is 6.33. The van der Waals surface area contributed by atoms with Crippen LogP contribution in [0.3, 0.4) is 0 Å². The van der Waals surface area contributed by atoms with Gasteiger partial charge in [0.1, 0.15) is 0 Å². The number of aryl methyl sites for hydroxylation is 1. The molecule has 0 atom stereocenters. The van der Waals surface area contributed by atoms with Gasteiger partial charge in [0.25, 0.3) is 0 Å². The number of hydrogen-bond acceptors (Lipinski definition) is 2. The number of anilines is 2. The molecule has 2 nitrogen and oxygen atoms in total. The summed E-state index contributed by atoms with van der Waals surface area (Å²) < 4.78 is 0. The minimum atomic E-state index is 0.600. The summed E-state index contributed by atoms with van der Waals surface area (Å²) in [6.45, 7) is 2.90. The third kappa shape index (κ3) is 2.77. The molecule has 0 unspecified atom stereocenters. The summed E-state index contributed by atoms with van der Waals surface area (Å²) in [6.07, 6.45) is 0. The zero-order chi connectivity index (χ0) is 13.1. The molecule has 0 saturated carbocycles. The van der Waals surface area contributed by atoms with Crippen LogP contribution >= 0.6 is 11.6 Å². The summed E-state index contributed by atoms with van der Waals surface area (Å²) in [5.41, 5.74) is 10.1. The molecule has 0 spiro atoms. The SMILES string of the molecule is Cc1ccc(CN(C)c2cccc(Cl)c2N)cc1. The smallest absolute Gasteiger partial charge is 0.0741 e. The first kappa shape index (κ1) is 12.8. The van der Waals surface area contributed by atoms with E-state index in [1.54, 1.807) is 6.07 Å². The molecule has 0 aliphatic carbocycles. The number of benzene rings is 2. The standard InChI is InChI=1S/C15H17ClN2/c1-11-6-8-12(9-7-11)10-18(2)14-5-3-4-13(16)15(14)17/h3-9H,10,17H2,1-2H3. The van der Waals surface area contributed by atoms with Crippen LogP contribution in [0.2, 0.25) is 5.02 Å². The third-order valence-corrected chi connectivity index (χ3v) is 3.31. The Balaban J connectivity index is 2.19. The normalized spacial score (nSPS) is 10.4. The van der Waals surface area contributed by atoms with Crippen molar-refractivity contribution in [2.45, 2.75) is 13.5 Å². The number of nitrogen functional groups attached to an aromatic ring is 1. The quantitative estimate of drug-likeness (QED) is 0.849. The number of hydrogen-bond donors (Lipinski definition) is 1. The fraction of sp³-hybridized carbons (Fsp3) is 0.200. The first-order valence-electron chi connectivity index (χ1n) is 5.88. The monoisotopic (exact) mass is 260 g/mol. The molecule has 2 N–H and O–H groups in total. The van der Waals surface area contributed by atoms with Crippen molar-refractivity contribution in [2.75, 3.05) is 17.7 Å². The molecule has 94 valence electrons. The minimum absolute atomic E-state index is 0.600. The number of nitrogens with zero attached hydrogens (tertiary/aromatic N) is 1. The summed E-state index contributed by atoms with van der Waals surface area (Å²) >= 11 is 6.03. The molecule has 0 aliphatic rings. The second-order valence-corrected chi connectivity index (χ2v) is 4.92. The van der Waals surface area contributed by atoms with Crippen molar-refractivity contribution in [3.63, 3.8) is 0 Å². The first-order valence-corrected chi connectivity index (χ1v) is 6.26. The maximum Gasteiger partial charge on any atom is 0.0741 e. The Bertz CT molecular complexity index is 535. The molecule has 0 aliphatic heterocycles.